The molecule has 8 aromatic carbocycles. The summed E-state index contributed by atoms with van der Waals surface area (Å²) in [5.74, 6) is 0.688. The van der Waals surface area contributed by atoms with Crippen LogP contribution in [0.5, 0.6) is 0 Å². The molecule has 0 saturated heterocycles. The molecule has 0 saturated carbocycles. The second kappa shape index (κ2) is 14.0. The highest BCUT2D eigenvalue weighted by Crippen LogP contribution is 2.44. The van der Waals surface area contributed by atoms with Crippen molar-refractivity contribution in [3.63, 3.8) is 0 Å². The van der Waals surface area contributed by atoms with Gasteiger partial charge >= 0.3 is 0 Å². The second-order valence-corrected chi connectivity index (χ2v) is 16.2. The molecular weight excluding hydrogens is 751 g/mol. The standard InChI is InChI=1S/C55H33N3OS/c1-3-12-36(13-4-1)46-33-47(37-14-5-2-6-15-37)58-55(57-46)39-28-26-38(27-29-39)53-54-52(43-17-8-10-21-50(43)60-54)44-32-40(30-31-45(44)56-53)34-22-24-35(25-23-34)41-18-11-20-49-51(41)42-16-7-9-19-48(42)59-49/h1-33H. The molecule has 0 radical (unpaired) electrons. The van der Waals surface area contributed by atoms with Gasteiger partial charge in [0.2, 0.25) is 0 Å². The van der Waals surface area contributed by atoms with E-state index in [-0.39, 0.29) is 0 Å². The molecule has 0 atom stereocenters. The van der Waals surface area contributed by atoms with Crippen molar-refractivity contribution in [2.75, 3.05) is 0 Å². The van der Waals surface area contributed by atoms with Gasteiger partial charge in [-0.05, 0) is 58.7 Å². The smallest absolute Gasteiger partial charge is 0.160 e. The summed E-state index contributed by atoms with van der Waals surface area (Å²) in [4.78, 5) is 15.5. The molecule has 4 aromatic heterocycles. The zero-order chi connectivity index (χ0) is 39.6. The van der Waals surface area contributed by atoms with E-state index >= 15 is 0 Å². The Morgan fingerprint density at radius 2 is 0.967 bits per heavy atom. The maximum absolute atomic E-state index is 6.19. The predicted molar refractivity (Wildman–Crippen MR) is 250 cm³/mol. The number of furan rings is 1. The Morgan fingerprint density at radius 3 is 1.72 bits per heavy atom. The summed E-state index contributed by atoms with van der Waals surface area (Å²) >= 11 is 1.81. The monoisotopic (exact) mass is 783 g/mol. The van der Waals surface area contributed by atoms with Crippen molar-refractivity contribution < 1.29 is 4.42 Å². The van der Waals surface area contributed by atoms with Crippen LogP contribution in [0.15, 0.2) is 205 Å². The lowest BCUT2D eigenvalue weighted by atomic mass is 9.95. The Balaban J connectivity index is 0.942. The second-order valence-electron chi connectivity index (χ2n) is 15.1. The summed E-state index contributed by atoms with van der Waals surface area (Å²) in [7, 11) is 0. The maximum atomic E-state index is 6.19. The minimum atomic E-state index is 0.688. The van der Waals surface area contributed by atoms with Crippen LogP contribution >= 0.6 is 11.3 Å². The van der Waals surface area contributed by atoms with Crippen molar-refractivity contribution in [3.8, 4) is 67.4 Å². The molecule has 280 valence electrons. The lowest BCUT2D eigenvalue weighted by Crippen LogP contribution is -1.96. The number of hydrogen-bond acceptors (Lipinski definition) is 5. The number of para-hydroxylation sites is 1. The van der Waals surface area contributed by atoms with Gasteiger partial charge in [-0.1, -0.05) is 164 Å². The molecular formula is C55H33N3OS. The van der Waals surface area contributed by atoms with Crippen LogP contribution in [0.3, 0.4) is 0 Å². The van der Waals surface area contributed by atoms with Gasteiger partial charge in [-0.25, -0.2) is 15.0 Å². The number of rotatable bonds is 6. The first-order valence-electron chi connectivity index (χ1n) is 20.1. The Kier molecular flexibility index (Phi) is 8.00. The largest absolute Gasteiger partial charge is 0.456 e. The highest BCUT2D eigenvalue weighted by atomic mass is 32.1. The number of nitrogens with zero attached hydrogens (tertiary/aromatic N) is 3. The quantitative estimate of drug-likeness (QED) is 0.169. The van der Waals surface area contributed by atoms with Gasteiger partial charge in [0.05, 0.1) is 27.3 Å². The van der Waals surface area contributed by atoms with E-state index in [1.54, 1.807) is 11.3 Å². The molecule has 0 aliphatic heterocycles. The minimum Gasteiger partial charge on any atom is -0.456 e. The third kappa shape index (κ3) is 5.78. The summed E-state index contributed by atoms with van der Waals surface area (Å²) in [5, 5.41) is 5.92. The van der Waals surface area contributed by atoms with Crippen molar-refractivity contribution in [1.29, 1.82) is 0 Å². The van der Waals surface area contributed by atoms with Crippen molar-refractivity contribution in [2.24, 2.45) is 0 Å². The van der Waals surface area contributed by atoms with Gasteiger partial charge in [0.15, 0.2) is 5.82 Å². The Labute approximate surface area is 349 Å². The van der Waals surface area contributed by atoms with Crippen LogP contribution in [0, 0.1) is 0 Å². The summed E-state index contributed by atoms with van der Waals surface area (Å²) in [6.45, 7) is 0. The first-order valence-corrected chi connectivity index (χ1v) is 20.9. The van der Waals surface area contributed by atoms with Crippen molar-refractivity contribution in [3.05, 3.63) is 200 Å². The molecule has 12 rings (SSSR count). The zero-order valence-electron chi connectivity index (χ0n) is 32.2. The molecule has 60 heavy (non-hydrogen) atoms. The van der Waals surface area contributed by atoms with Crippen LogP contribution < -0.4 is 0 Å². The van der Waals surface area contributed by atoms with Crippen molar-refractivity contribution in [2.45, 2.75) is 0 Å². The zero-order valence-corrected chi connectivity index (χ0v) is 33.0. The lowest BCUT2D eigenvalue weighted by molar-refractivity contribution is 0.669. The summed E-state index contributed by atoms with van der Waals surface area (Å²) < 4.78 is 8.62. The Hall–Kier alpha value is -7.73. The van der Waals surface area contributed by atoms with Crippen molar-refractivity contribution in [1.82, 2.24) is 15.0 Å². The van der Waals surface area contributed by atoms with Crippen LogP contribution in [-0.4, -0.2) is 15.0 Å². The molecule has 0 unspecified atom stereocenters. The normalized spacial score (nSPS) is 11.7. The van der Waals surface area contributed by atoms with E-state index in [4.69, 9.17) is 19.4 Å². The third-order valence-electron chi connectivity index (χ3n) is 11.5. The number of benzene rings is 8. The minimum absolute atomic E-state index is 0.688. The Bertz CT molecular complexity index is 3520. The molecule has 0 bridgehead atoms. The number of aromatic nitrogens is 3. The van der Waals surface area contributed by atoms with E-state index in [9.17, 15) is 0 Å². The van der Waals surface area contributed by atoms with Crippen LogP contribution in [0.2, 0.25) is 0 Å². The van der Waals surface area contributed by atoms with E-state index in [1.807, 2.05) is 54.6 Å². The molecule has 12 aromatic rings. The van der Waals surface area contributed by atoms with Gasteiger partial charge in [-0.2, -0.15) is 0 Å². The van der Waals surface area contributed by atoms with E-state index in [0.29, 0.717) is 5.82 Å². The number of pyridine rings is 1. The van der Waals surface area contributed by atoms with E-state index in [1.165, 1.54) is 25.7 Å². The first-order chi connectivity index (χ1) is 29.7. The number of hydrogen-bond donors (Lipinski definition) is 0. The van der Waals surface area contributed by atoms with Gasteiger partial charge in [0.1, 0.15) is 11.2 Å². The molecule has 0 amide bonds. The summed E-state index contributed by atoms with van der Waals surface area (Å²) in [6, 6.07) is 70.1. The fraction of sp³-hybridized carbons (Fsp3) is 0. The Morgan fingerprint density at radius 1 is 0.367 bits per heavy atom. The summed E-state index contributed by atoms with van der Waals surface area (Å²) in [6.07, 6.45) is 0. The third-order valence-corrected chi connectivity index (χ3v) is 12.7. The topological polar surface area (TPSA) is 51.8 Å². The van der Waals surface area contributed by atoms with Crippen molar-refractivity contribution >= 4 is 64.4 Å². The first kappa shape index (κ1) is 34.3. The van der Waals surface area contributed by atoms with Gasteiger partial charge < -0.3 is 4.42 Å². The number of thiophene rings is 1. The SMILES string of the molecule is c1ccc(-c2cc(-c3ccccc3)nc(-c3ccc(-c4nc5ccc(-c6ccc(-c7cccc8oc9ccccc9c78)cc6)cc5c5c4sc4ccccc45)cc3)n2)cc1. The average molecular weight is 784 g/mol. The molecule has 5 heteroatoms. The number of fused-ring (bicyclic) bond motifs is 8. The maximum Gasteiger partial charge on any atom is 0.160 e. The average Bonchev–Trinajstić information content (AvgIpc) is 3.91. The molecule has 0 spiro atoms. The predicted octanol–water partition coefficient (Wildman–Crippen LogP) is 15.3. The molecule has 0 aliphatic carbocycles. The highest BCUT2D eigenvalue weighted by Gasteiger charge is 2.18. The van der Waals surface area contributed by atoms with E-state index in [0.717, 1.165) is 88.9 Å². The highest BCUT2D eigenvalue weighted by molar-refractivity contribution is 7.26. The molecule has 4 nitrogen and oxygen atoms in total. The summed E-state index contributed by atoms with van der Waals surface area (Å²) in [5.41, 5.74) is 14.3. The van der Waals surface area contributed by atoms with E-state index in [2.05, 4.69) is 146 Å². The molecule has 0 fully saturated rings. The van der Waals surface area contributed by atoms with Crippen LogP contribution in [0.1, 0.15) is 0 Å². The van der Waals surface area contributed by atoms with Crippen LogP contribution in [0.25, 0.3) is 120 Å². The molecule has 4 heterocycles. The van der Waals surface area contributed by atoms with Gasteiger partial charge in [0, 0.05) is 53.9 Å². The van der Waals surface area contributed by atoms with E-state index < -0.39 is 0 Å². The fourth-order valence-electron chi connectivity index (χ4n) is 8.58. The lowest BCUT2D eigenvalue weighted by Gasteiger charge is -2.11. The van der Waals surface area contributed by atoms with Gasteiger partial charge in [0.25, 0.3) is 0 Å². The van der Waals surface area contributed by atoms with Crippen LogP contribution in [-0.2, 0) is 0 Å². The van der Waals surface area contributed by atoms with Crippen LogP contribution in [0.4, 0.5) is 0 Å². The molecule has 0 N–H and O–H groups in total. The molecule has 0 aliphatic rings. The van der Waals surface area contributed by atoms with Gasteiger partial charge in [-0.3, -0.25) is 0 Å². The fourth-order valence-corrected chi connectivity index (χ4v) is 9.81. The van der Waals surface area contributed by atoms with Gasteiger partial charge in [-0.15, -0.1) is 11.3 Å².